The van der Waals surface area contributed by atoms with Crippen LogP contribution in [0.2, 0.25) is 0 Å². The maximum absolute atomic E-state index is 11.2. The van der Waals surface area contributed by atoms with Crippen LogP contribution in [-0.2, 0) is 11.3 Å². The molecule has 0 saturated carbocycles. The van der Waals surface area contributed by atoms with Crippen molar-refractivity contribution >= 4 is 17.3 Å². The zero-order chi connectivity index (χ0) is 13.9. The molecule has 1 aliphatic heterocycles. The fourth-order valence-corrected chi connectivity index (χ4v) is 3.28. The molecular formula is C14H15N3O2S. The van der Waals surface area contributed by atoms with Crippen molar-refractivity contribution in [3.05, 3.63) is 35.5 Å². The standard InChI is InChI=1S/C14H15N3O2S/c18-14(19)12-5-3-7-17(12)8-10-9-20-13(16-10)11-4-1-2-6-15-11/h1-2,4,6,9,12H,3,5,7-8H2,(H,18,19)/t12-/m1/s1. The van der Waals surface area contributed by atoms with Gasteiger partial charge in [-0.15, -0.1) is 11.3 Å². The quantitative estimate of drug-likeness (QED) is 0.935. The number of rotatable bonds is 4. The SMILES string of the molecule is O=C(O)[C@H]1CCCN1Cc1csc(-c2ccccn2)n1. The molecule has 20 heavy (non-hydrogen) atoms. The van der Waals surface area contributed by atoms with Crippen molar-refractivity contribution in [2.75, 3.05) is 6.54 Å². The number of carboxylic acid groups (broad SMARTS) is 1. The molecule has 0 radical (unpaired) electrons. The maximum atomic E-state index is 11.2. The first kappa shape index (κ1) is 13.2. The molecule has 0 amide bonds. The van der Waals surface area contributed by atoms with Crippen LogP contribution in [0.3, 0.4) is 0 Å². The van der Waals surface area contributed by atoms with Crippen molar-refractivity contribution in [1.29, 1.82) is 0 Å². The molecule has 1 fully saturated rings. The smallest absolute Gasteiger partial charge is 0.320 e. The fraction of sp³-hybridized carbons (Fsp3) is 0.357. The first-order chi connectivity index (χ1) is 9.74. The van der Waals surface area contributed by atoms with Gasteiger partial charge in [0.2, 0.25) is 0 Å². The molecule has 2 aromatic rings. The average molecular weight is 289 g/mol. The first-order valence-corrected chi connectivity index (χ1v) is 7.44. The van der Waals surface area contributed by atoms with Crippen molar-refractivity contribution in [3.63, 3.8) is 0 Å². The van der Waals surface area contributed by atoms with E-state index in [2.05, 4.69) is 9.97 Å². The molecule has 104 valence electrons. The third-order valence-electron chi connectivity index (χ3n) is 3.45. The van der Waals surface area contributed by atoms with E-state index in [4.69, 9.17) is 0 Å². The van der Waals surface area contributed by atoms with E-state index in [-0.39, 0.29) is 6.04 Å². The monoisotopic (exact) mass is 289 g/mol. The topological polar surface area (TPSA) is 66.3 Å². The van der Waals surface area contributed by atoms with Gasteiger partial charge in [-0.1, -0.05) is 6.07 Å². The molecule has 2 aromatic heterocycles. The van der Waals surface area contributed by atoms with Crippen LogP contribution in [0.15, 0.2) is 29.8 Å². The maximum Gasteiger partial charge on any atom is 0.320 e. The van der Waals surface area contributed by atoms with E-state index in [1.165, 1.54) is 0 Å². The average Bonchev–Trinajstić information content (AvgIpc) is 3.09. The van der Waals surface area contributed by atoms with Crippen LogP contribution < -0.4 is 0 Å². The fourth-order valence-electron chi connectivity index (χ4n) is 2.49. The van der Waals surface area contributed by atoms with E-state index in [1.807, 2.05) is 28.5 Å². The number of carbonyl (C=O) groups is 1. The molecule has 6 heteroatoms. The van der Waals surface area contributed by atoms with Crippen molar-refractivity contribution in [2.24, 2.45) is 0 Å². The normalized spacial score (nSPS) is 19.3. The Kier molecular flexibility index (Phi) is 3.75. The highest BCUT2D eigenvalue weighted by Crippen LogP contribution is 2.24. The van der Waals surface area contributed by atoms with Gasteiger partial charge >= 0.3 is 5.97 Å². The zero-order valence-corrected chi connectivity index (χ0v) is 11.7. The van der Waals surface area contributed by atoms with E-state index in [1.54, 1.807) is 17.5 Å². The second-order valence-electron chi connectivity index (χ2n) is 4.83. The van der Waals surface area contributed by atoms with Crippen LogP contribution in [0.4, 0.5) is 0 Å². The largest absolute Gasteiger partial charge is 0.480 e. The number of hydrogen-bond donors (Lipinski definition) is 1. The lowest BCUT2D eigenvalue weighted by Crippen LogP contribution is -2.35. The van der Waals surface area contributed by atoms with Gasteiger partial charge in [0.1, 0.15) is 11.0 Å². The summed E-state index contributed by atoms with van der Waals surface area (Å²) >= 11 is 1.55. The second-order valence-corrected chi connectivity index (χ2v) is 5.68. The number of nitrogens with zero attached hydrogens (tertiary/aromatic N) is 3. The Bertz CT molecular complexity index is 599. The summed E-state index contributed by atoms with van der Waals surface area (Å²) in [7, 11) is 0. The van der Waals surface area contributed by atoms with Crippen LogP contribution in [-0.4, -0.2) is 38.5 Å². The third-order valence-corrected chi connectivity index (χ3v) is 4.36. The molecule has 1 aliphatic rings. The molecular weight excluding hydrogens is 274 g/mol. The number of thiazole rings is 1. The summed E-state index contributed by atoms with van der Waals surface area (Å²) in [5.74, 6) is -0.734. The summed E-state index contributed by atoms with van der Waals surface area (Å²) in [6, 6.07) is 5.37. The molecule has 0 aliphatic carbocycles. The van der Waals surface area contributed by atoms with Crippen molar-refractivity contribution in [1.82, 2.24) is 14.9 Å². The molecule has 0 aromatic carbocycles. The Morgan fingerprint density at radius 1 is 1.50 bits per heavy atom. The zero-order valence-electron chi connectivity index (χ0n) is 10.9. The Morgan fingerprint density at radius 3 is 3.15 bits per heavy atom. The van der Waals surface area contributed by atoms with Crippen LogP contribution >= 0.6 is 11.3 Å². The molecule has 1 saturated heterocycles. The number of likely N-dealkylation sites (tertiary alicyclic amines) is 1. The van der Waals surface area contributed by atoms with Gasteiger partial charge in [-0.25, -0.2) is 4.98 Å². The van der Waals surface area contributed by atoms with Gasteiger partial charge in [-0.2, -0.15) is 0 Å². The van der Waals surface area contributed by atoms with Gasteiger partial charge < -0.3 is 5.11 Å². The molecule has 1 atom stereocenters. The molecule has 0 unspecified atom stereocenters. The van der Waals surface area contributed by atoms with Crippen LogP contribution in [0.25, 0.3) is 10.7 Å². The molecule has 3 heterocycles. The highest BCUT2D eigenvalue weighted by Gasteiger charge is 2.30. The van der Waals surface area contributed by atoms with Gasteiger partial charge in [0.15, 0.2) is 0 Å². The minimum Gasteiger partial charge on any atom is -0.480 e. The molecule has 0 spiro atoms. The third kappa shape index (κ3) is 2.71. The molecule has 3 rings (SSSR count). The summed E-state index contributed by atoms with van der Waals surface area (Å²) in [6.07, 6.45) is 3.41. The van der Waals surface area contributed by atoms with Gasteiger partial charge in [0, 0.05) is 18.1 Å². The lowest BCUT2D eigenvalue weighted by Gasteiger charge is -2.19. The van der Waals surface area contributed by atoms with Gasteiger partial charge in [0.05, 0.1) is 11.4 Å². The summed E-state index contributed by atoms with van der Waals surface area (Å²) in [4.78, 5) is 22.0. The second kappa shape index (κ2) is 5.68. The van der Waals surface area contributed by atoms with Crippen molar-refractivity contribution in [3.8, 4) is 10.7 Å². The highest BCUT2D eigenvalue weighted by atomic mass is 32.1. The summed E-state index contributed by atoms with van der Waals surface area (Å²) in [6.45, 7) is 1.42. The molecule has 1 N–H and O–H groups in total. The van der Waals surface area contributed by atoms with Crippen LogP contribution in [0, 0.1) is 0 Å². The van der Waals surface area contributed by atoms with E-state index in [0.717, 1.165) is 35.8 Å². The summed E-state index contributed by atoms with van der Waals surface area (Å²) in [5, 5.41) is 12.0. The Hall–Kier alpha value is -1.79. The number of hydrogen-bond acceptors (Lipinski definition) is 5. The van der Waals surface area contributed by atoms with E-state index < -0.39 is 5.97 Å². The number of carboxylic acids is 1. The Labute approximate surface area is 120 Å². The first-order valence-electron chi connectivity index (χ1n) is 6.57. The van der Waals surface area contributed by atoms with E-state index in [0.29, 0.717) is 6.54 Å². The van der Waals surface area contributed by atoms with Gasteiger partial charge in [-0.3, -0.25) is 14.7 Å². The molecule has 5 nitrogen and oxygen atoms in total. The lowest BCUT2D eigenvalue weighted by atomic mass is 10.2. The highest BCUT2D eigenvalue weighted by molar-refractivity contribution is 7.13. The van der Waals surface area contributed by atoms with E-state index in [9.17, 15) is 9.90 Å². The lowest BCUT2D eigenvalue weighted by molar-refractivity contribution is -0.142. The number of aliphatic carboxylic acids is 1. The number of pyridine rings is 1. The minimum atomic E-state index is -0.734. The molecule has 0 bridgehead atoms. The van der Waals surface area contributed by atoms with Crippen LogP contribution in [0.5, 0.6) is 0 Å². The van der Waals surface area contributed by atoms with Crippen LogP contribution in [0.1, 0.15) is 18.5 Å². The van der Waals surface area contributed by atoms with E-state index >= 15 is 0 Å². The number of aromatic nitrogens is 2. The Morgan fingerprint density at radius 2 is 2.40 bits per heavy atom. The Balaban J connectivity index is 1.73. The predicted molar refractivity (Wildman–Crippen MR) is 76.4 cm³/mol. The van der Waals surface area contributed by atoms with Crippen molar-refractivity contribution in [2.45, 2.75) is 25.4 Å². The van der Waals surface area contributed by atoms with Crippen molar-refractivity contribution < 1.29 is 9.90 Å². The predicted octanol–water partition coefficient (Wildman–Crippen LogP) is 2.25. The summed E-state index contributed by atoms with van der Waals surface area (Å²) in [5.41, 5.74) is 1.78. The minimum absolute atomic E-state index is 0.366. The van der Waals surface area contributed by atoms with Gasteiger partial charge in [-0.05, 0) is 31.5 Å². The van der Waals surface area contributed by atoms with Gasteiger partial charge in [0.25, 0.3) is 0 Å². The summed E-state index contributed by atoms with van der Waals surface area (Å²) < 4.78 is 0.